The van der Waals surface area contributed by atoms with Crippen LogP contribution in [0.5, 0.6) is 0 Å². The Morgan fingerprint density at radius 3 is 2.24 bits per heavy atom. The van der Waals surface area contributed by atoms with Gasteiger partial charge in [-0.1, -0.05) is 0 Å². The number of rotatable bonds is 13. The lowest BCUT2D eigenvalue weighted by atomic mass is 10.1. The van der Waals surface area contributed by atoms with Crippen LogP contribution in [-0.4, -0.2) is 50.7 Å². The fourth-order valence-electron chi connectivity index (χ4n) is 1.74. The third-order valence-electron chi connectivity index (χ3n) is 2.97. The molecular weight excluding hydrogens is 272 g/mol. The molecule has 0 saturated heterocycles. The van der Waals surface area contributed by atoms with Crippen molar-refractivity contribution in [2.75, 3.05) is 32.7 Å². The number of nitrogens with one attached hydrogen (secondary N) is 3. The lowest BCUT2D eigenvalue weighted by Crippen LogP contribution is -2.42. The van der Waals surface area contributed by atoms with Crippen molar-refractivity contribution < 1.29 is 9.59 Å². The van der Waals surface area contributed by atoms with Crippen molar-refractivity contribution in [2.24, 2.45) is 17.2 Å². The maximum Gasteiger partial charge on any atom is 0.312 e. The zero-order valence-electron chi connectivity index (χ0n) is 12.7. The SMILES string of the molecule is NCCCCNCCCNC(=O)[C@@H](N)CCCNC(N)=O. The van der Waals surface area contributed by atoms with Crippen molar-refractivity contribution in [3.8, 4) is 0 Å². The van der Waals surface area contributed by atoms with Crippen LogP contribution in [0.2, 0.25) is 0 Å². The Morgan fingerprint density at radius 2 is 1.57 bits per heavy atom. The van der Waals surface area contributed by atoms with E-state index in [2.05, 4.69) is 16.0 Å². The van der Waals surface area contributed by atoms with Gasteiger partial charge in [-0.15, -0.1) is 0 Å². The molecule has 0 spiro atoms. The standard InChI is InChI=1S/C13H30N6O2/c14-6-1-2-7-17-8-4-10-18-12(20)11(15)5-3-9-19-13(16)21/h11,17H,1-10,14-15H2,(H,18,20)(H3,16,19,21)/t11-/m0/s1. The van der Waals surface area contributed by atoms with Crippen LogP contribution < -0.4 is 33.2 Å². The van der Waals surface area contributed by atoms with E-state index in [0.717, 1.165) is 38.9 Å². The topological polar surface area (TPSA) is 148 Å². The maximum absolute atomic E-state index is 11.7. The fourth-order valence-corrected chi connectivity index (χ4v) is 1.74. The van der Waals surface area contributed by atoms with Gasteiger partial charge in [0.05, 0.1) is 6.04 Å². The molecule has 124 valence electrons. The third kappa shape index (κ3) is 13.4. The van der Waals surface area contributed by atoms with Gasteiger partial charge in [0.15, 0.2) is 0 Å². The molecule has 8 nitrogen and oxygen atoms in total. The van der Waals surface area contributed by atoms with E-state index in [9.17, 15) is 9.59 Å². The number of hydrogen-bond donors (Lipinski definition) is 6. The molecule has 0 saturated carbocycles. The summed E-state index contributed by atoms with van der Waals surface area (Å²) >= 11 is 0. The highest BCUT2D eigenvalue weighted by Gasteiger charge is 2.11. The van der Waals surface area contributed by atoms with E-state index in [0.29, 0.717) is 25.9 Å². The molecule has 0 aliphatic carbocycles. The van der Waals surface area contributed by atoms with Crippen LogP contribution in [0.1, 0.15) is 32.1 Å². The normalized spacial score (nSPS) is 11.9. The lowest BCUT2D eigenvalue weighted by Gasteiger charge is -2.12. The summed E-state index contributed by atoms with van der Waals surface area (Å²) in [5.74, 6) is -0.155. The Bertz CT molecular complexity index is 288. The van der Waals surface area contributed by atoms with Crippen molar-refractivity contribution in [3.63, 3.8) is 0 Å². The molecule has 0 radical (unpaired) electrons. The van der Waals surface area contributed by atoms with Crippen LogP contribution in [-0.2, 0) is 4.79 Å². The molecule has 0 fully saturated rings. The highest BCUT2D eigenvalue weighted by molar-refractivity contribution is 5.81. The van der Waals surface area contributed by atoms with Gasteiger partial charge in [-0.2, -0.15) is 0 Å². The molecule has 21 heavy (non-hydrogen) atoms. The van der Waals surface area contributed by atoms with Crippen LogP contribution >= 0.6 is 0 Å². The zero-order chi connectivity index (χ0) is 15.9. The number of primary amides is 1. The van der Waals surface area contributed by atoms with Gasteiger partial charge >= 0.3 is 6.03 Å². The molecule has 0 aliphatic heterocycles. The molecule has 0 unspecified atom stereocenters. The molecule has 0 heterocycles. The third-order valence-corrected chi connectivity index (χ3v) is 2.97. The van der Waals surface area contributed by atoms with E-state index < -0.39 is 12.1 Å². The molecule has 9 N–H and O–H groups in total. The predicted octanol–water partition coefficient (Wildman–Crippen LogP) is -1.40. The maximum atomic E-state index is 11.7. The average Bonchev–Trinajstić information content (AvgIpc) is 2.45. The second-order valence-corrected chi connectivity index (χ2v) is 4.93. The Hall–Kier alpha value is -1.38. The van der Waals surface area contributed by atoms with Crippen LogP contribution in [0.15, 0.2) is 0 Å². The Labute approximate surface area is 126 Å². The Kier molecular flexibility index (Phi) is 12.7. The molecular formula is C13H30N6O2. The summed E-state index contributed by atoms with van der Waals surface area (Å²) in [7, 11) is 0. The zero-order valence-corrected chi connectivity index (χ0v) is 12.7. The number of hydrogen-bond acceptors (Lipinski definition) is 5. The van der Waals surface area contributed by atoms with Gasteiger partial charge in [-0.3, -0.25) is 4.79 Å². The van der Waals surface area contributed by atoms with Gasteiger partial charge in [0, 0.05) is 13.1 Å². The van der Waals surface area contributed by atoms with Crippen molar-refractivity contribution >= 4 is 11.9 Å². The first-order chi connectivity index (χ1) is 10.1. The minimum Gasteiger partial charge on any atom is -0.355 e. The molecule has 0 aromatic rings. The minimum absolute atomic E-state index is 0.155. The summed E-state index contributed by atoms with van der Waals surface area (Å²) < 4.78 is 0. The monoisotopic (exact) mass is 302 g/mol. The summed E-state index contributed by atoms with van der Waals surface area (Å²) in [4.78, 5) is 22.1. The number of unbranched alkanes of at least 4 members (excludes halogenated alkanes) is 1. The van der Waals surface area contributed by atoms with Crippen molar-refractivity contribution in [3.05, 3.63) is 0 Å². The molecule has 0 aromatic carbocycles. The smallest absolute Gasteiger partial charge is 0.312 e. The summed E-state index contributed by atoms with van der Waals surface area (Å²) in [6.45, 7) is 3.59. The van der Waals surface area contributed by atoms with E-state index in [-0.39, 0.29) is 5.91 Å². The van der Waals surface area contributed by atoms with E-state index in [1.54, 1.807) is 0 Å². The first-order valence-corrected chi connectivity index (χ1v) is 7.55. The highest BCUT2D eigenvalue weighted by atomic mass is 16.2. The average molecular weight is 302 g/mol. The first kappa shape index (κ1) is 19.6. The molecule has 0 aliphatic rings. The molecule has 3 amide bonds. The Balaban J connectivity index is 3.41. The lowest BCUT2D eigenvalue weighted by molar-refractivity contribution is -0.122. The molecule has 0 bridgehead atoms. The van der Waals surface area contributed by atoms with Crippen LogP contribution in [0.4, 0.5) is 4.79 Å². The number of carbonyl (C=O) groups is 2. The van der Waals surface area contributed by atoms with Crippen LogP contribution in [0.25, 0.3) is 0 Å². The second kappa shape index (κ2) is 13.6. The van der Waals surface area contributed by atoms with Gasteiger partial charge < -0.3 is 33.2 Å². The first-order valence-electron chi connectivity index (χ1n) is 7.55. The summed E-state index contributed by atoms with van der Waals surface area (Å²) in [5.41, 5.74) is 16.1. The van der Waals surface area contributed by atoms with E-state index in [1.807, 2.05) is 0 Å². The molecule has 0 aromatic heterocycles. The number of carbonyl (C=O) groups excluding carboxylic acids is 2. The van der Waals surface area contributed by atoms with Crippen molar-refractivity contribution in [1.82, 2.24) is 16.0 Å². The van der Waals surface area contributed by atoms with Gasteiger partial charge in [-0.25, -0.2) is 4.79 Å². The summed E-state index contributed by atoms with van der Waals surface area (Å²) in [6, 6.07) is -1.11. The quantitative estimate of drug-likeness (QED) is 0.231. The predicted molar refractivity (Wildman–Crippen MR) is 83.6 cm³/mol. The Morgan fingerprint density at radius 1 is 0.905 bits per heavy atom. The summed E-state index contributed by atoms with van der Waals surface area (Å²) in [6.07, 6.45) is 4.12. The van der Waals surface area contributed by atoms with Crippen LogP contribution in [0.3, 0.4) is 0 Å². The fraction of sp³-hybridized carbons (Fsp3) is 0.846. The number of nitrogens with two attached hydrogens (primary N) is 3. The molecule has 0 rings (SSSR count). The van der Waals surface area contributed by atoms with Gasteiger partial charge in [-0.05, 0) is 51.7 Å². The van der Waals surface area contributed by atoms with E-state index in [4.69, 9.17) is 17.2 Å². The van der Waals surface area contributed by atoms with Gasteiger partial charge in [0.25, 0.3) is 0 Å². The van der Waals surface area contributed by atoms with Crippen molar-refractivity contribution in [2.45, 2.75) is 38.1 Å². The second-order valence-electron chi connectivity index (χ2n) is 4.93. The number of amides is 3. The largest absolute Gasteiger partial charge is 0.355 e. The van der Waals surface area contributed by atoms with E-state index in [1.165, 1.54) is 0 Å². The molecule has 8 heteroatoms. The van der Waals surface area contributed by atoms with E-state index >= 15 is 0 Å². The van der Waals surface area contributed by atoms with Crippen LogP contribution in [0, 0.1) is 0 Å². The van der Waals surface area contributed by atoms with Gasteiger partial charge in [0.2, 0.25) is 5.91 Å². The van der Waals surface area contributed by atoms with Gasteiger partial charge in [0.1, 0.15) is 0 Å². The van der Waals surface area contributed by atoms with Crippen molar-refractivity contribution in [1.29, 1.82) is 0 Å². The number of urea groups is 1. The minimum atomic E-state index is -0.563. The summed E-state index contributed by atoms with van der Waals surface area (Å²) in [5, 5.41) is 8.54. The molecule has 1 atom stereocenters. The highest BCUT2D eigenvalue weighted by Crippen LogP contribution is 1.93.